The number of nitrogens with zero attached hydrogens (tertiary/aromatic N) is 2. The van der Waals surface area contributed by atoms with Gasteiger partial charge in [-0.3, -0.25) is 4.79 Å². The van der Waals surface area contributed by atoms with E-state index < -0.39 is 12.1 Å². The number of piperidine rings is 1. The van der Waals surface area contributed by atoms with Gasteiger partial charge in [-0.2, -0.15) is 13.2 Å². The lowest BCUT2D eigenvalue weighted by Crippen LogP contribution is -2.38. The van der Waals surface area contributed by atoms with Crippen molar-refractivity contribution in [2.45, 2.75) is 25.6 Å². The smallest absolute Gasteiger partial charge is 0.372 e. The Hall–Kier alpha value is -2.70. The molecule has 1 N–H and O–H groups in total. The van der Waals surface area contributed by atoms with E-state index in [-0.39, 0.29) is 18.7 Å². The second-order valence-electron chi connectivity index (χ2n) is 7.51. The van der Waals surface area contributed by atoms with E-state index in [0.717, 1.165) is 28.2 Å². The maximum Gasteiger partial charge on any atom is 0.391 e. The molecule has 1 fully saturated rings. The molecule has 0 bridgehead atoms. The van der Waals surface area contributed by atoms with Crippen molar-refractivity contribution in [2.24, 2.45) is 5.92 Å². The van der Waals surface area contributed by atoms with Gasteiger partial charge in [0.25, 0.3) is 5.91 Å². The van der Waals surface area contributed by atoms with Crippen LogP contribution in [-0.2, 0) is 6.54 Å². The minimum atomic E-state index is -4.09. The van der Waals surface area contributed by atoms with Crippen molar-refractivity contribution in [1.29, 1.82) is 0 Å². The fourth-order valence-corrected chi connectivity index (χ4v) is 3.91. The van der Waals surface area contributed by atoms with Crippen LogP contribution in [0.4, 0.5) is 30.2 Å². The topological polar surface area (TPSA) is 35.6 Å². The zero-order valence-corrected chi connectivity index (χ0v) is 15.6. The summed E-state index contributed by atoms with van der Waals surface area (Å²) in [7, 11) is 1.78. The Kier molecular flexibility index (Phi) is 4.69. The molecule has 0 saturated carbocycles. The number of nitrogens with one attached hydrogen (secondary N) is 1. The van der Waals surface area contributed by atoms with Gasteiger partial charge < -0.3 is 15.1 Å². The molecule has 0 spiro atoms. The molecular weight excluding hydrogens is 367 g/mol. The Morgan fingerprint density at radius 3 is 2.29 bits per heavy atom. The third-order valence-corrected chi connectivity index (χ3v) is 5.57. The highest BCUT2D eigenvalue weighted by Gasteiger charge is 2.41. The van der Waals surface area contributed by atoms with E-state index in [1.165, 1.54) is 0 Å². The zero-order valence-electron chi connectivity index (χ0n) is 15.6. The number of hydrogen-bond acceptors (Lipinski definition) is 3. The SMILES string of the molecule is CN1Cc2ccc(Nc3ccc(N4CCC(C(F)(F)F)CC4)cc3)cc2C1=O. The zero-order chi connectivity index (χ0) is 19.9. The van der Waals surface area contributed by atoms with Crippen LogP contribution in [0, 0.1) is 5.92 Å². The fraction of sp³-hybridized carbons (Fsp3) is 0.381. The summed E-state index contributed by atoms with van der Waals surface area (Å²) >= 11 is 0. The summed E-state index contributed by atoms with van der Waals surface area (Å²) in [5.74, 6) is -1.16. The molecule has 2 aromatic rings. The number of alkyl halides is 3. The minimum Gasteiger partial charge on any atom is -0.372 e. The Morgan fingerprint density at radius 2 is 1.64 bits per heavy atom. The molecule has 4 nitrogen and oxygen atoms in total. The quantitative estimate of drug-likeness (QED) is 0.820. The van der Waals surface area contributed by atoms with Gasteiger partial charge in [0.2, 0.25) is 0 Å². The van der Waals surface area contributed by atoms with Crippen LogP contribution < -0.4 is 10.2 Å². The third kappa shape index (κ3) is 3.66. The molecule has 2 aliphatic heterocycles. The Morgan fingerprint density at radius 1 is 1.00 bits per heavy atom. The van der Waals surface area contributed by atoms with Crippen LogP contribution in [0.2, 0.25) is 0 Å². The number of carbonyl (C=O) groups excluding carboxylic acids is 1. The largest absolute Gasteiger partial charge is 0.391 e. The van der Waals surface area contributed by atoms with E-state index in [0.29, 0.717) is 19.6 Å². The van der Waals surface area contributed by atoms with Gasteiger partial charge >= 0.3 is 6.18 Å². The molecule has 1 amide bonds. The van der Waals surface area contributed by atoms with Crippen LogP contribution in [0.1, 0.15) is 28.8 Å². The summed E-state index contributed by atoms with van der Waals surface area (Å²) in [6, 6.07) is 13.4. The summed E-state index contributed by atoms with van der Waals surface area (Å²) < 4.78 is 38.4. The van der Waals surface area contributed by atoms with Crippen molar-refractivity contribution < 1.29 is 18.0 Å². The molecule has 0 aromatic heterocycles. The van der Waals surface area contributed by atoms with E-state index in [2.05, 4.69) is 5.32 Å². The first-order chi connectivity index (χ1) is 13.3. The number of anilines is 3. The lowest BCUT2D eigenvalue weighted by Gasteiger charge is -2.34. The Balaban J connectivity index is 1.40. The predicted octanol–water partition coefficient (Wildman–Crippen LogP) is 4.79. The Labute approximate surface area is 161 Å². The van der Waals surface area contributed by atoms with E-state index in [1.54, 1.807) is 11.9 Å². The summed E-state index contributed by atoms with van der Waals surface area (Å²) in [6.45, 7) is 1.46. The Bertz CT molecular complexity index is 871. The van der Waals surface area contributed by atoms with E-state index >= 15 is 0 Å². The van der Waals surface area contributed by atoms with Gasteiger partial charge in [-0.25, -0.2) is 0 Å². The van der Waals surface area contributed by atoms with Gasteiger partial charge in [0.05, 0.1) is 5.92 Å². The summed E-state index contributed by atoms with van der Waals surface area (Å²) in [4.78, 5) is 15.8. The second-order valence-corrected chi connectivity index (χ2v) is 7.51. The van der Waals surface area contributed by atoms with Crippen molar-refractivity contribution >= 4 is 23.0 Å². The van der Waals surface area contributed by atoms with E-state index in [1.807, 2.05) is 47.4 Å². The fourth-order valence-electron chi connectivity index (χ4n) is 3.91. The first-order valence-electron chi connectivity index (χ1n) is 9.38. The normalized spacial score (nSPS) is 17.8. The summed E-state index contributed by atoms with van der Waals surface area (Å²) in [5.41, 5.74) is 4.37. The molecule has 1 saturated heterocycles. The number of benzene rings is 2. The first kappa shape index (κ1) is 18.7. The van der Waals surface area contributed by atoms with Gasteiger partial charge in [-0.15, -0.1) is 0 Å². The third-order valence-electron chi connectivity index (χ3n) is 5.57. The van der Waals surface area contributed by atoms with Gasteiger partial charge in [0, 0.05) is 49.3 Å². The molecule has 4 rings (SSSR count). The number of hydrogen-bond donors (Lipinski definition) is 1. The van der Waals surface area contributed by atoms with Gasteiger partial charge in [0.1, 0.15) is 0 Å². The maximum absolute atomic E-state index is 12.8. The predicted molar refractivity (Wildman–Crippen MR) is 103 cm³/mol. The maximum atomic E-state index is 12.8. The minimum absolute atomic E-state index is 0.0243. The molecule has 0 radical (unpaired) electrons. The number of carbonyl (C=O) groups is 1. The van der Waals surface area contributed by atoms with Crippen molar-refractivity contribution in [3.63, 3.8) is 0 Å². The van der Waals surface area contributed by atoms with Gasteiger partial charge in [0.15, 0.2) is 0 Å². The summed E-state index contributed by atoms with van der Waals surface area (Å²) in [6.07, 6.45) is -3.81. The highest BCUT2D eigenvalue weighted by Crippen LogP contribution is 2.35. The lowest BCUT2D eigenvalue weighted by atomic mass is 9.96. The lowest BCUT2D eigenvalue weighted by molar-refractivity contribution is -0.179. The number of fused-ring (bicyclic) bond motifs is 1. The summed E-state index contributed by atoms with van der Waals surface area (Å²) in [5, 5.41) is 3.29. The van der Waals surface area contributed by atoms with Crippen molar-refractivity contribution in [2.75, 3.05) is 30.4 Å². The van der Waals surface area contributed by atoms with Crippen LogP contribution in [0.15, 0.2) is 42.5 Å². The van der Waals surface area contributed by atoms with Crippen LogP contribution in [-0.4, -0.2) is 37.1 Å². The van der Waals surface area contributed by atoms with Crippen molar-refractivity contribution in [3.8, 4) is 0 Å². The second kappa shape index (κ2) is 7.04. The average molecular weight is 389 g/mol. The molecule has 2 aromatic carbocycles. The number of rotatable bonds is 3. The average Bonchev–Trinajstić information content (AvgIpc) is 2.96. The van der Waals surface area contributed by atoms with Crippen LogP contribution in [0.3, 0.4) is 0 Å². The molecule has 7 heteroatoms. The molecular formula is C21H22F3N3O. The first-order valence-corrected chi connectivity index (χ1v) is 9.38. The van der Waals surface area contributed by atoms with Gasteiger partial charge in [-0.05, 0) is 54.8 Å². The standard InChI is InChI=1S/C21H22F3N3O/c1-26-13-14-2-3-17(12-19(14)20(26)28)25-16-4-6-18(7-5-16)27-10-8-15(9-11-27)21(22,23)24/h2-7,12,15,25H,8-11,13H2,1H3. The van der Waals surface area contributed by atoms with Gasteiger partial charge in [-0.1, -0.05) is 6.07 Å². The van der Waals surface area contributed by atoms with Crippen molar-refractivity contribution in [1.82, 2.24) is 4.90 Å². The molecule has 0 unspecified atom stereocenters. The van der Waals surface area contributed by atoms with Crippen LogP contribution >= 0.6 is 0 Å². The van der Waals surface area contributed by atoms with Crippen LogP contribution in [0.25, 0.3) is 0 Å². The van der Waals surface area contributed by atoms with Crippen molar-refractivity contribution in [3.05, 3.63) is 53.6 Å². The molecule has 2 aliphatic rings. The molecule has 0 aliphatic carbocycles. The number of halogens is 3. The highest BCUT2D eigenvalue weighted by molar-refractivity contribution is 5.99. The van der Waals surface area contributed by atoms with Crippen LogP contribution in [0.5, 0.6) is 0 Å². The molecule has 28 heavy (non-hydrogen) atoms. The molecule has 2 heterocycles. The molecule has 148 valence electrons. The highest BCUT2D eigenvalue weighted by atomic mass is 19.4. The van der Waals surface area contributed by atoms with E-state index in [4.69, 9.17) is 0 Å². The van der Waals surface area contributed by atoms with E-state index in [9.17, 15) is 18.0 Å². The number of amides is 1. The molecule has 0 atom stereocenters. The monoisotopic (exact) mass is 389 g/mol.